The Kier molecular flexibility index (Phi) is 5.93. The molecule has 0 spiro atoms. The Morgan fingerprint density at radius 1 is 1.23 bits per heavy atom. The summed E-state index contributed by atoms with van der Waals surface area (Å²) in [4.78, 5) is 12.9. The van der Waals surface area contributed by atoms with Crippen molar-refractivity contribution in [1.29, 1.82) is 0 Å². The Morgan fingerprint density at radius 3 is 2.77 bits per heavy atom. The van der Waals surface area contributed by atoms with Crippen LogP contribution < -0.4 is 5.73 Å². The molecule has 3 rings (SSSR count). The summed E-state index contributed by atoms with van der Waals surface area (Å²) in [5.41, 5.74) is 6.81. The van der Waals surface area contributed by atoms with Crippen LogP contribution in [-0.4, -0.2) is 33.1 Å². The first-order valence-corrected chi connectivity index (χ1v) is 10.7. The molecule has 0 fully saturated rings. The van der Waals surface area contributed by atoms with E-state index in [0.29, 0.717) is 34.1 Å². The fraction of sp³-hybridized carbons (Fsp3) is 0.312. The standard InChI is InChI=1S/C16H15F3N4S3/c1-24-14-5-13(20)22-15(23-14)25-3-2-10-4-11-9(6-16(17,18)19)8-26-12(11)7-21-10/h4-5,7-8H,2-3,6H2,1H3,(H2,20,22,23). The Hall–Kier alpha value is -1.52. The van der Waals surface area contributed by atoms with E-state index in [1.807, 2.05) is 6.26 Å². The first-order chi connectivity index (χ1) is 12.3. The number of nitrogens with two attached hydrogens (primary N) is 1. The molecule has 0 amide bonds. The summed E-state index contributed by atoms with van der Waals surface area (Å²) in [6.07, 6.45) is -0.973. The smallest absolute Gasteiger partial charge is 0.384 e. The normalized spacial score (nSPS) is 12.0. The minimum Gasteiger partial charge on any atom is -0.384 e. The maximum absolute atomic E-state index is 12.7. The number of hydrogen-bond acceptors (Lipinski definition) is 7. The van der Waals surface area contributed by atoms with Crippen molar-refractivity contribution in [2.24, 2.45) is 0 Å². The third kappa shape index (κ3) is 5.01. The third-order valence-corrected chi connectivity index (χ3v) is 5.95. The zero-order valence-corrected chi connectivity index (χ0v) is 16.2. The summed E-state index contributed by atoms with van der Waals surface area (Å²) in [7, 11) is 0. The molecule has 0 saturated carbocycles. The van der Waals surface area contributed by atoms with E-state index >= 15 is 0 Å². The molecule has 0 unspecified atom stereocenters. The van der Waals surface area contributed by atoms with Crippen molar-refractivity contribution in [2.45, 2.75) is 29.2 Å². The maximum atomic E-state index is 12.7. The molecule has 3 aromatic rings. The van der Waals surface area contributed by atoms with Crippen LogP contribution in [0.3, 0.4) is 0 Å². The Bertz CT molecular complexity index is 911. The monoisotopic (exact) mass is 416 g/mol. The van der Waals surface area contributed by atoms with Crippen LogP contribution in [0.2, 0.25) is 0 Å². The third-order valence-electron chi connectivity index (χ3n) is 3.49. The van der Waals surface area contributed by atoms with Gasteiger partial charge in [0.1, 0.15) is 10.8 Å². The van der Waals surface area contributed by atoms with E-state index in [2.05, 4.69) is 15.0 Å². The fourth-order valence-electron chi connectivity index (χ4n) is 2.36. The number of nitrogen functional groups attached to an aromatic ring is 1. The Morgan fingerprint density at radius 2 is 2.04 bits per heavy atom. The SMILES string of the molecule is CSc1cc(N)nc(SCCc2cc3c(CC(F)(F)F)csc3cn2)n1. The van der Waals surface area contributed by atoms with Crippen molar-refractivity contribution in [3.8, 4) is 0 Å². The van der Waals surface area contributed by atoms with Gasteiger partial charge >= 0.3 is 6.18 Å². The minimum absolute atomic E-state index is 0.303. The van der Waals surface area contributed by atoms with Gasteiger partial charge in [0.05, 0.1) is 11.1 Å². The lowest BCUT2D eigenvalue weighted by Crippen LogP contribution is -2.11. The lowest BCUT2D eigenvalue weighted by Gasteiger charge is -2.06. The average molecular weight is 417 g/mol. The molecule has 0 aliphatic carbocycles. The van der Waals surface area contributed by atoms with E-state index in [9.17, 15) is 13.2 Å². The molecule has 138 valence electrons. The second kappa shape index (κ2) is 8.01. The molecule has 0 radical (unpaired) electrons. The van der Waals surface area contributed by atoms with Crippen molar-refractivity contribution in [3.63, 3.8) is 0 Å². The van der Waals surface area contributed by atoms with Crippen LogP contribution >= 0.6 is 34.9 Å². The van der Waals surface area contributed by atoms with Gasteiger partial charge < -0.3 is 5.73 Å². The van der Waals surface area contributed by atoms with Crippen LogP contribution in [0.1, 0.15) is 11.3 Å². The van der Waals surface area contributed by atoms with Crippen molar-refractivity contribution in [2.75, 3.05) is 17.7 Å². The summed E-state index contributed by atoms with van der Waals surface area (Å²) in [6, 6.07) is 3.46. The Labute approximate surface area is 160 Å². The number of rotatable bonds is 6. The van der Waals surface area contributed by atoms with Gasteiger partial charge in [-0.05, 0) is 35.1 Å². The quantitative estimate of drug-likeness (QED) is 0.353. The first kappa shape index (κ1) is 19.2. The zero-order valence-electron chi connectivity index (χ0n) is 13.7. The lowest BCUT2D eigenvalue weighted by atomic mass is 10.1. The number of nitrogens with zero attached hydrogens (tertiary/aromatic N) is 3. The summed E-state index contributed by atoms with van der Waals surface area (Å²) in [5, 5.41) is 3.58. The lowest BCUT2D eigenvalue weighted by molar-refractivity contribution is -0.126. The average Bonchev–Trinajstić information content (AvgIpc) is 2.95. The highest BCUT2D eigenvalue weighted by molar-refractivity contribution is 7.99. The van der Waals surface area contributed by atoms with Crippen LogP contribution in [0.5, 0.6) is 0 Å². The van der Waals surface area contributed by atoms with Gasteiger partial charge in [0.15, 0.2) is 5.16 Å². The second-order valence-electron chi connectivity index (χ2n) is 5.44. The number of anilines is 1. The molecule has 2 N–H and O–H groups in total. The highest BCUT2D eigenvalue weighted by atomic mass is 32.2. The summed E-state index contributed by atoms with van der Waals surface area (Å²) in [6.45, 7) is 0. The number of thiophene rings is 1. The van der Waals surface area contributed by atoms with E-state index in [-0.39, 0.29) is 0 Å². The van der Waals surface area contributed by atoms with E-state index in [0.717, 1.165) is 15.4 Å². The van der Waals surface area contributed by atoms with Gasteiger partial charge in [0, 0.05) is 23.7 Å². The highest BCUT2D eigenvalue weighted by Gasteiger charge is 2.29. The molecule has 3 aromatic heterocycles. The summed E-state index contributed by atoms with van der Waals surface area (Å²) < 4.78 is 38.8. The number of hydrogen-bond donors (Lipinski definition) is 1. The second-order valence-corrected chi connectivity index (χ2v) is 8.24. The predicted molar refractivity (Wildman–Crippen MR) is 102 cm³/mol. The predicted octanol–water partition coefficient (Wildman–Crippen LogP) is 4.83. The number of alkyl halides is 3. The fourth-order valence-corrected chi connectivity index (χ4v) is 4.57. The molecular weight excluding hydrogens is 401 g/mol. The molecule has 10 heteroatoms. The molecule has 0 aliphatic heterocycles. The molecule has 4 nitrogen and oxygen atoms in total. The summed E-state index contributed by atoms with van der Waals surface area (Å²) >= 11 is 4.22. The van der Waals surface area contributed by atoms with Crippen LogP contribution in [0.4, 0.5) is 19.0 Å². The number of fused-ring (bicyclic) bond motifs is 1. The molecule has 0 atom stereocenters. The van der Waals surface area contributed by atoms with Crippen LogP contribution in [0.15, 0.2) is 33.9 Å². The van der Waals surface area contributed by atoms with Gasteiger partial charge in [0.2, 0.25) is 0 Å². The Balaban J connectivity index is 1.69. The van der Waals surface area contributed by atoms with Crippen molar-refractivity contribution < 1.29 is 13.2 Å². The molecular formula is C16H15F3N4S3. The van der Waals surface area contributed by atoms with Crippen LogP contribution in [0, 0.1) is 0 Å². The first-order valence-electron chi connectivity index (χ1n) is 7.57. The van der Waals surface area contributed by atoms with E-state index in [1.165, 1.54) is 34.9 Å². The minimum atomic E-state index is -4.22. The van der Waals surface area contributed by atoms with Crippen LogP contribution in [-0.2, 0) is 12.8 Å². The molecule has 0 bridgehead atoms. The zero-order chi connectivity index (χ0) is 18.7. The number of thioether (sulfide) groups is 2. The van der Waals surface area contributed by atoms with Gasteiger partial charge in [-0.3, -0.25) is 4.98 Å². The van der Waals surface area contributed by atoms with E-state index in [1.54, 1.807) is 23.7 Å². The topological polar surface area (TPSA) is 64.7 Å². The van der Waals surface area contributed by atoms with Crippen LogP contribution in [0.25, 0.3) is 10.1 Å². The highest BCUT2D eigenvalue weighted by Crippen LogP contribution is 2.31. The maximum Gasteiger partial charge on any atom is 0.393 e. The number of pyridine rings is 1. The van der Waals surface area contributed by atoms with Crippen molar-refractivity contribution >= 4 is 50.8 Å². The largest absolute Gasteiger partial charge is 0.393 e. The van der Waals surface area contributed by atoms with Gasteiger partial charge in [-0.15, -0.1) is 23.1 Å². The van der Waals surface area contributed by atoms with Gasteiger partial charge in [0.25, 0.3) is 0 Å². The molecule has 0 aliphatic rings. The molecule has 26 heavy (non-hydrogen) atoms. The molecule has 0 saturated heterocycles. The van der Waals surface area contributed by atoms with Gasteiger partial charge in [-0.25, -0.2) is 9.97 Å². The molecule has 3 heterocycles. The van der Waals surface area contributed by atoms with Gasteiger partial charge in [-0.1, -0.05) is 11.8 Å². The van der Waals surface area contributed by atoms with E-state index in [4.69, 9.17) is 5.73 Å². The van der Waals surface area contributed by atoms with Gasteiger partial charge in [-0.2, -0.15) is 13.2 Å². The van der Waals surface area contributed by atoms with Crippen molar-refractivity contribution in [1.82, 2.24) is 15.0 Å². The number of aromatic nitrogens is 3. The molecule has 0 aromatic carbocycles. The van der Waals surface area contributed by atoms with Crippen molar-refractivity contribution in [3.05, 3.63) is 35.0 Å². The number of aryl methyl sites for hydroxylation is 1. The summed E-state index contributed by atoms with van der Waals surface area (Å²) in [5.74, 6) is 1.08. The number of halogens is 3. The van der Waals surface area contributed by atoms with E-state index < -0.39 is 12.6 Å².